The zero-order valence-electron chi connectivity index (χ0n) is 11.9. The number of halogens is 2. The summed E-state index contributed by atoms with van der Waals surface area (Å²) in [6.45, 7) is 7.51. The number of rotatable bonds is 4. The highest BCUT2D eigenvalue weighted by Gasteiger charge is 2.18. The summed E-state index contributed by atoms with van der Waals surface area (Å²) in [5.74, 6) is 0.423. The molecule has 1 heterocycles. The molecule has 0 saturated carbocycles. The van der Waals surface area contributed by atoms with E-state index in [9.17, 15) is 4.79 Å². The maximum atomic E-state index is 11.6. The monoisotopic (exact) mass is 364 g/mol. The highest BCUT2D eigenvalue weighted by molar-refractivity contribution is 9.10. The fraction of sp³-hybridized carbons (Fsp3) is 0.538. The van der Waals surface area contributed by atoms with Gasteiger partial charge in [-0.05, 0) is 49.7 Å². The van der Waals surface area contributed by atoms with E-state index in [1.54, 1.807) is 6.07 Å². The highest BCUT2D eigenvalue weighted by Crippen LogP contribution is 2.25. The predicted octanol–water partition coefficient (Wildman–Crippen LogP) is 3.79. The topological polar surface area (TPSA) is 60.5 Å². The molecule has 0 aromatic carbocycles. The van der Waals surface area contributed by atoms with Crippen molar-refractivity contribution in [3.63, 3.8) is 0 Å². The number of nitrogens with one attached hydrogen (secondary N) is 1. The van der Waals surface area contributed by atoms with Crippen molar-refractivity contribution in [2.75, 3.05) is 6.61 Å². The average Bonchev–Trinajstić information content (AvgIpc) is 2.24. The minimum absolute atomic E-state index is 0.214. The quantitative estimate of drug-likeness (QED) is 0.882. The molecule has 1 aromatic heterocycles. The summed E-state index contributed by atoms with van der Waals surface area (Å²) in [5.41, 5.74) is -0.522. The SMILES string of the molecule is CC(COc1ncc(Cl)cc1Br)NC(=O)OC(C)(C)C. The number of aromatic nitrogens is 1. The van der Waals surface area contributed by atoms with Gasteiger partial charge in [0.25, 0.3) is 0 Å². The lowest BCUT2D eigenvalue weighted by Gasteiger charge is -2.22. The standard InChI is InChI=1S/C13H18BrClN2O3/c1-8(17-12(18)20-13(2,3)4)7-19-11-10(14)5-9(15)6-16-11/h5-6,8H,7H2,1-4H3,(H,17,18). The van der Waals surface area contributed by atoms with Crippen LogP contribution in [0, 0.1) is 0 Å². The maximum Gasteiger partial charge on any atom is 0.407 e. The third-order valence-corrected chi connectivity index (χ3v) is 2.78. The second-order valence-corrected chi connectivity index (χ2v) is 6.59. The third-order valence-electron chi connectivity index (χ3n) is 2.01. The molecule has 1 unspecified atom stereocenters. The van der Waals surface area contributed by atoms with E-state index in [0.29, 0.717) is 15.4 Å². The minimum Gasteiger partial charge on any atom is -0.475 e. The molecule has 1 amide bonds. The Morgan fingerprint density at radius 1 is 1.55 bits per heavy atom. The summed E-state index contributed by atoms with van der Waals surface area (Å²) >= 11 is 9.09. The Balaban J connectivity index is 2.43. The molecule has 1 N–H and O–H groups in total. The first-order valence-corrected chi connectivity index (χ1v) is 7.28. The number of nitrogens with zero attached hydrogens (tertiary/aromatic N) is 1. The number of carbonyl (C=O) groups is 1. The van der Waals surface area contributed by atoms with Crippen molar-refractivity contribution in [3.05, 3.63) is 21.8 Å². The second-order valence-electron chi connectivity index (χ2n) is 5.30. The first-order chi connectivity index (χ1) is 9.17. The van der Waals surface area contributed by atoms with Gasteiger partial charge in [0.1, 0.15) is 12.2 Å². The van der Waals surface area contributed by atoms with Crippen molar-refractivity contribution in [1.29, 1.82) is 0 Å². The van der Waals surface area contributed by atoms with E-state index in [-0.39, 0.29) is 12.6 Å². The summed E-state index contributed by atoms with van der Waals surface area (Å²) in [4.78, 5) is 15.6. The van der Waals surface area contributed by atoms with Gasteiger partial charge < -0.3 is 14.8 Å². The Labute approximate surface area is 132 Å². The third kappa shape index (κ3) is 6.43. The number of ether oxygens (including phenoxy) is 2. The van der Waals surface area contributed by atoms with Crippen LogP contribution in [0.2, 0.25) is 5.02 Å². The van der Waals surface area contributed by atoms with Gasteiger partial charge in [-0.1, -0.05) is 11.6 Å². The fourth-order valence-electron chi connectivity index (χ4n) is 1.26. The molecule has 1 aromatic rings. The molecular formula is C13H18BrClN2O3. The summed E-state index contributed by atoms with van der Waals surface area (Å²) < 4.78 is 11.3. The van der Waals surface area contributed by atoms with Crippen LogP contribution in [-0.2, 0) is 4.74 Å². The molecule has 7 heteroatoms. The second kappa shape index (κ2) is 7.13. The van der Waals surface area contributed by atoms with Crippen LogP contribution in [-0.4, -0.2) is 29.3 Å². The van der Waals surface area contributed by atoms with Crippen molar-refractivity contribution >= 4 is 33.6 Å². The Morgan fingerprint density at radius 3 is 2.75 bits per heavy atom. The Bertz CT molecular complexity index is 477. The van der Waals surface area contributed by atoms with E-state index in [4.69, 9.17) is 21.1 Å². The van der Waals surface area contributed by atoms with E-state index in [0.717, 1.165) is 0 Å². The first kappa shape index (κ1) is 17.0. The van der Waals surface area contributed by atoms with Crippen LogP contribution in [0.3, 0.4) is 0 Å². The van der Waals surface area contributed by atoms with Gasteiger partial charge in [-0.15, -0.1) is 0 Å². The van der Waals surface area contributed by atoms with Crippen molar-refractivity contribution in [3.8, 4) is 5.88 Å². The minimum atomic E-state index is -0.522. The molecule has 0 spiro atoms. The number of carbonyl (C=O) groups excluding carboxylic acids is 1. The predicted molar refractivity (Wildman–Crippen MR) is 81.3 cm³/mol. The van der Waals surface area contributed by atoms with Crippen LogP contribution < -0.4 is 10.1 Å². The molecule has 0 aliphatic heterocycles. The molecule has 1 atom stereocenters. The number of amides is 1. The van der Waals surface area contributed by atoms with Gasteiger partial charge in [-0.3, -0.25) is 0 Å². The molecule has 0 aliphatic rings. The molecule has 1 rings (SSSR count). The maximum absolute atomic E-state index is 11.6. The number of alkyl carbamates (subject to hydrolysis) is 1. The lowest BCUT2D eigenvalue weighted by molar-refractivity contribution is 0.0493. The highest BCUT2D eigenvalue weighted by atomic mass is 79.9. The molecule has 0 fully saturated rings. The van der Waals surface area contributed by atoms with Crippen LogP contribution in [0.15, 0.2) is 16.7 Å². The molecule has 5 nitrogen and oxygen atoms in total. The van der Waals surface area contributed by atoms with E-state index in [1.165, 1.54) is 6.20 Å². The normalized spacial score (nSPS) is 12.7. The van der Waals surface area contributed by atoms with E-state index >= 15 is 0 Å². The summed E-state index contributed by atoms with van der Waals surface area (Å²) in [5, 5.41) is 3.20. The lowest BCUT2D eigenvalue weighted by Crippen LogP contribution is -2.40. The number of hydrogen-bond donors (Lipinski definition) is 1. The van der Waals surface area contributed by atoms with Gasteiger partial charge >= 0.3 is 6.09 Å². The zero-order valence-corrected chi connectivity index (χ0v) is 14.2. The molecular weight excluding hydrogens is 348 g/mol. The van der Waals surface area contributed by atoms with Crippen molar-refractivity contribution in [1.82, 2.24) is 10.3 Å². The van der Waals surface area contributed by atoms with Gasteiger partial charge in [0.15, 0.2) is 0 Å². The molecule has 0 aliphatic carbocycles. The summed E-state index contributed by atoms with van der Waals surface area (Å²) in [6, 6.07) is 1.48. The summed E-state index contributed by atoms with van der Waals surface area (Å²) in [6.07, 6.45) is 1.02. The van der Waals surface area contributed by atoms with Crippen molar-refractivity contribution < 1.29 is 14.3 Å². The van der Waals surface area contributed by atoms with Crippen LogP contribution in [0.1, 0.15) is 27.7 Å². The van der Waals surface area contributed by atoms with Crippen LogP contribution in [0.4, 0.5) is 4.79 Å². The number of pyridine rings is 1. The van der Waals surface area contributed by atoms with Gasteiger partial charge in [-0.2, -0.15) is 0 Å². The van der Waals surface area contributed by atoms with Gasteiger partial charge in [0.05, 0.1) is 15.5 Å². The van der Waals surface area contributed by atoms with Gasteiger partial charge in [0, 0.05) is 6.20 Å². The van der Waals surface area contributed by atoms with Gasteiger partial charge in [0.2, 0.25) is 5.88 Å². The molecule has 112 valence electrons. The summed E-state index contributed by atoms with van der Waals surface area (Å²) in [7, 11) is 0. The van der Waals surface area contributed by atoms with E-state index in [2.05, 4.69) is 26.2 Å². The van der Waals surface area contributed by atoms with Crippen LogP contribution >= 0.6 is 27.5 Å². The fourth-order valence-corrected chi connectivity index (χ4v) is 2.02. The Kier molecular flexibility index (Phi) is 6.07. The van der Waals surface area contributed by atoms with E-state index < -0.39 is 11.7 Å². The van der Waals surface area contributed by atoms with Crippen LogP contribution in [0.5, 0.6) is 5.88 Å². The lowest BCUT2D eigenvalue weighted by atomic mass is 10.2. The molecule has 20 heavy (non-hydrogen) atoms. The molecule has 0 saturated heterocycles. The van der Waals surface area contributed by atoms with Crippen LogP contribution in [0.25, 0.3) is 0 Å². The Hall–Kier alpha value is -1.01. The molecule has 0 bridgehead atoms. The largest absolute Gasteiger partial charge is 0.475 e. The first-order valence-electron chi connectivity index (χ1n) is 6.11. The van der Waals surface area contributed by atoms with Crippen molar-refractivity contribution in [2.45, 2.75) is 39.3 Å². The Morgan fingerprint density at radius 2 is 2.20 bits per heavy atom. The zero-order chi connectivity index (χ0) is 15.3. The average molecular weight is 366 g/mol. The smallest absolute Gasteiger partial charge is 0.407 e. The molecule has 0 radical (unpaired) electrons. The van der Waals surface area contributed by atoms with Gasteiger partial charge in [-0.25, -0.2) is 9.78 Å². The van der Waals surface area contributed by atoms with E-state index in [1.807, 2.05) is 27.7 Å². The number of hydrogen-bond acceptors (Lipinski definition) is 4. The van der Waals surface area contributed by atoms with Crippen molar-refractivity contribution in [2.24, 2.45) is 0 Å².